The number of carbonyl (C=O) groups is 2. The molecule has 0 bridgehead atoms. The molecule has 0 spiro atoms. The summed E-state index contributed by atoms with van der Waals surface area (Å²) in [5, 5.41) is 18.4. The second-order valence-corrected chi connectivity index (χ2v) is 7.52. The summed E-state index contributed by atoms with van der Waals surface area (Å²) in [6.07, 6.45) is 1.49. The number of aromatic nitrogens is 3. The number of aryl methyl sites for hydroxylation is 1. The largest absolute Gasteiger partial charge is 0.355 e. The third kappa shape index (κ3) is 3.03. The summed E-state index contributed by atoms with van der Waals surface area (Å²) in [5.41, 5.74) is 0.721. The van der Waals surface area contributed by atoms with Gasteiger partial charge in [0.2, 0.25) is 0 Å². The molecule has 0 fully saturated rings. The second kappa shape index (κ2) is 6.84. The van der Waals surface area contributed by atoms with Crippen LogP contribution < -0.4 is 5.32 Å². The third-order valence-corrected chi connectivity index (χ3v) is 5.34. The van der Waals surface area contributed by atoms with Gasteiger partial charge in [0.15, 0.2) is 11.5 Å². The fraction of sp³-hybridized carbons (Fsp3) is 0.167. The number of hydrazone groups is 1. The molecule has 2 aliphatic heterocycles. The first kappa shape index (κ1) is 18.1. The zero-order chi connectivity index (χ0) is 20.8. The van der Waals surface area contributed by atoms with Crippen LogP contribution in [0.4, 0.5) is 5.82 Å². The number of aliphatic imine (C=N–C) groups is 2. The molecule has 0 saturated heterocycles. The molecule has 1 unspecified atom stereocenters. The first-order chi connectivity index (χ1) is 14.5. The van der Waals surface area contributed by atoms with Crippen LogP contribution in [0.3, 0.4) is 0 Å². The van der Waals surface area contributed by atoms with Crippen LogP contribution in [0.25, 0.3) is 10.6 Å². The number of fused-ring (bicyclic) bond motifs is 1. The van der Waals surface area contributed by atoms with Crippen molar-refractivity contribution in [2.45, 2.75) is 6.92 Å². The van der Waals surface area contributed by atoms with E-state index in [0.29, 0.717) is 23.1 Å². The number of hydrogen-bond acceptors (Lipinski definition) is 9. The van der Waals surface area contributed by atoms with Crippen molar-refractivity contribution in [1.29, 1.82) is 0 Å². The Morgan fingerprint density at radius 3 is 2.97 bits per heavy atom. The number of rotatable bonds is 3. The molecule has 5 heterocycles. The van der Waals surface area contributed by atoms with Crippen LogP contribution in [0.1, 0.15) is 16.2 Å². The maximum atomic E-state index is 12.7. The number of anilines is 1. The summed E-state index contributed by atoms with van der Waals surface area (Å²) in [6.45, 7) is 1.75. The van der Waals surface area contributed by atoms with Crippen molar-refractivity contribution >= 4 is 47.0 Å². The lowest BCUT2D eigenvalue weighted by atomic mass is 10.1. The van der Waals surface area contributed by atoms with Crippen LogP contribution in [-0.4, -0.2) is 56.8 Å². The average Bonchev–Trinajstić information content (AvgIpc) is 3.48. The van der Waals surface area contributed by atoms with Crippen molar-refractivity contribution in [2.75, 3.05) is 12.4 Å². The Balaban J connectivity index is 1.43. The van der Waals surface area contributed by atoms with E-state index < -0.39 is 17.7 Å². The quantitative estimate of drug-likeness (QED) is 0.685. The molecule has 5 rings (SSSR count). The van der Waals surface area contributed by atoms with Gasteiger partial charge in [-0.05, 0) is 18.4 Å². The Labute approximate surface area is 173 Å². The molecule has 30 heavy (non-hydrogen) atoms. The Morgan fingerprint density at radius 1 is 1.30 bits per heavy atom. The summed E-state index contributed by atoms with van der Waals surface area (Å²) < 4.78 is 6.57. The number of nitrogens with one attached hydrogen (secondary N) is 1. The highest BCUT2D eigenvalue weighted by atomic mass is 32.1. The molecule has 2 amide bonds. The molecule has 3 aromatic heterocycles. The lowest BCUT2D eigenvalue weighted by Gasteiger charge is -2.17. The minimum atomic E-state index is -0.598. The number of hydrogen-bond donors (Lipinski definition) is 1. The van der Waals surface area contributed by atoms with Gasteiger partial charge in [0.25, 0.3) is 17.8 Å². The summed E-state index contributed by atoms with van der Waals surface area (Å²) in [4.78, 5) is 34.3. The van der Waals surface area contributed by atoms with Crippen molar-refractivity contribution in [3.05, 3.63) is 41.0 Å². The highest BCUT2D eigenvalue weighted by molar-refractivity contribution is 7.13. The molecule has 2 aliphatic rings. The molecule has 0 saturated carbocycles. The van der Waals surface area contributed by atoms with E-state index in [2.05, 4.69) is 30.7 Å². The Bertz CT molecular complexity index is 1250. The maximum absolute atomic E-state index is 12.7. The predicted octanol–water partition coefficient (Wildman–Crippen LogP) is 1.85. The topological polar surface area (TPSA) is 130 Å². The fourth-order valence-electron chi connectivity index (χ4n) is 3.04. The summed E-state index contributed by atoms with van der Waals surface area (Å²) in [6, 6.07) is 6.96. The Morgan fingerprint density at radius 2 is 2.17 bits per heavy atom. The fourth-order valence-corrected chi connectivity index (χ4v) is 3.71. The van der Waals surface area contributed by atoms with Gasteiger partial charge in [-0.3, -0.25) is 14.6 Å². The van der Waals surface area contributed by atoms with E-state index in [-0.39, 0.29) is 11.7 Å². The van der Waals surface area contributed by atoms with Gasteiger partial charge < -0.3 is 9.84 Å². The van der Waals surface area contributed by atoms with Crippen LogP contribution in [0.2, 0.25) is 0 Å². The van der Waals surface area contributed by atoms with E-state index in [4.69, 9.17) is 4.52 Å². The first-order valence-corrected chi connectivity index (χ1v) is 9.75. The molecule has 150 valence electrons. The van der Waals surface area contributed by atoms with Crippen LogP contribution in [-0.2, 0) is 4.79 Å². The van der Waals surface area contributed by atoms with Gasteiger partial charge in [-0.25, -0.2) is 0 Å². The molecule has 0 aliphatic carbocycles. The summed E-state index contributed by atoms with van der Waals surface area (Å²) in [7, 11) is 1.69. The average molecular weight is 422 g/mol. The van der Waals surface area contributed by atoms with Crippen molar-refractivity contribution in [1.82, 2.24) is 19.9 Å². The van der Waals surface area contributed by atoms with Gasteiger partial charge in [-0.2, -0.15) is 24.9 Å². The second-order valence-electron chi connectivity index (χ2n) is 6.58. The number of thiophene rings is 1. The zero-order valence-corrected chi connectivity index (χ0v) is 16.6. The van der Waals surface area contributed by atoms with Crippen LogP contribution in [0, 0.1) is 12.8 Å². The third-order valence-electron chi connectivity index (χ3n) is 4.46. The molecule has 0 radical (unpaired) electrons. The maximum Gasteiger partial charge on any atom is 0.279 e. The van der Waals surface area contributed by atoms with E-state index in [0.717, 1.165) is 4.88 Å². The minimum absolute atomic E-state index is 0.0476. The van der Waals surface area contributed by atoms with E-state index in [1.165, 1.54) is 27.2 Å². The van der Waals surface area contributed by atoms with E-state index in [1.807, 2.05) is 17.5 Å². The lowest BCUT2D eigenvalue weighted by Crippen LogP contribution is -2.35. The highest BCUT2D eigenvalue weighted by Crippen LogP contribution is 2.25. The Hall–Kier alpha value is -3.93. The van der Waals surface area contributed by atoms with Gasteiger partial charge in [-0.1, -0.05) is 11.2 Å². The van der Waals surface area contributed by atoms with Gasteiger partial charge in [0, 0.05) is 25.4 Å². The molecule has 12 heteroatoms. The number of nitrogens with zero attached hydrogens (tertiary/aromatic N) is 7. The van der Waals surface area contributed by atoms with E-state index in [9.17, 15) is 9.59 Å². The predicted molar refractivity (Wildman–Crippen MR) is 110 cm³/mol. The normalized spacial score (nSPS) is 17.7. The standard InChI is InChI=1S/C18H14N8O3S/c1-9-6-14(20-17(28)11-7-12(29-24-11)13-4-3-5-30-13)26(23-9)18-21-15-10(16(27)22-18)8-19-25(15)2/h3-8,10H,1-2H3,(H,20,28). The molecule has 0 aromatic carbocycles. The minimum Gasteiger partial charge on any atom is -0.355 e. The Kier molecular flexibility index (Phi) is 4.13. The summed E-state index contributed by atoms with van der Waals surface area (Å²) >= 11 is 1.48. The first-order valence-electron chi connectivity index (χ1n) is 8.87. The van der Waals surface area contributed by atoms with E-state index in [1.54, 1.807) is 26.1 Å². The highest BCUT2D eigenvalue weighted by Gasteiger charge is 2.35. The van der Waals surface area contributed by atoms with Crippen LogP contribution in [0.15, 0.2) is 49.3 Å². The summed E-state index contributed by atoms with van der Waals surface area (Å²) in [5.74, 6) is -0.181. The molecule has 11 nitrogen and oxygen atoms in total. The number of amides is 2. The van der Waals surface area contributed by atoms with Crippen LogP contribution in [0.5, 0.6) is 0 Å². The van der Waals surface area contributed by atoms with Gasteiger partial charge in [0.05, 0.1) is 10.6 Å². The van der Waals surface area contributed by atoms with Crippen molar-refractivity contribution < 1.29 is 14.1 Å². The molecule has 3 aromatic rings. The SMILES string of the molecule is Cc1cc(NC(=O)c2cc(-c3cccs3)on2)n(C2=NC(=O)C3C=NN(C)C3=N2)n1. The monoisotopic (exact) mass is 422 g/mol. The number of carbonyl (C=O) groups excluding carboxylic acids is 2. The van der Waals surface area contributed by atoms with Crippen molar-refractivity contribution in [3.8, 4) is 10.6 Å². The molecular weight excluding hydrogens is 408 g/mol. The van der Waals surface area contributed by atoms with Crippen LogP contribution >= 0.6 is 11.3 Å². The molecule has 1 N–H and O–H groups in total. The molecular formula is C18H14N8O3S. The smallest absolute Gasteiger partial charge is 0.279 e. The van der Waals surface area contributed by atoms with Gasteiger partial charge >= 0.3 is 0 Å². The van der Waals surface area contributed by atoms with Gasteiger partial charge in [0.1, 0.15) is 17.6 Å². The van der Waals surface area contributed by atoms with Crippen molar-refractivity contribution in [3.63, 3.8) is 0 Å². The number of amidine groups is 1. The zero-order valence-electron chi connectivity index (χ0n) is 15.8. The molecule has 1 atom stereocenters. The van der Waals surface area contributed by atoms with E-state index >= 15 is 0 Å². The van der Waals surface area contributed by atoms with Crippen molar-refractivity contribution in [2.24, 2.45) is 21.0 Å². The lowest BCUT2D eigenvalue weighted by molar-refractivity contribution is -0.118. The van der Waals surface area contributed by atoms with Gasteiger partial charge in [-0.15, -0.1) is 11.3 Å².